The number of nitrogens with two attached hydrogens (primary N) is 2. The molecule has 0 aliphatic carbocycles. The number of rotatable bonds is 35. The lowest BCUT2D eigenvalue weighted by Crippen LogP contribution is -2.41. The number of hydrogen-bond donors (Lipinski definition) is 5. The molecule has 0 aromatic rings. The van der Waals surface area contributed by atoms with E-state index in [1.165, 1.54) is 0 Å². The first-order valence-electron chi connectivity index (χ1n) is 16.6. The van der Waals surface area contributed by atoms with Gasteiger partial charge in [0.2, 0.25) is 11.8 Å². The lowest BCUT2D eigenvalue weighted by molar-refractivity contribution is -0.142. The van der Waals surface area contributed by atoms with Gasteiger partial charge in [-0.15, -0.1) is 0 Å². The third-order valence-corrected chi connectivity index (χ3v) is 6.60. The predicted octanol–water partition coefficient (Wildman–Crippen LogP) is 0.548. The van der Waals surface area contributed by atoms with Crippen molar-refractivity contribution >= 4 is 23.6 Å². The highest BCUT2D eigenvalue weighted by Gasteiger charge is 2.20. The fraction of sp³-hybridized carbons (Fsp3) is 0.871. The van der Waals surface area contributed by atoms with E-state index in [2.05, 4.69) is 10.6 Å². The molecule has 0 rings (SSSR count). The van der Waals surface area contributed by atoms with Gasteiger partial charge in [-0.3, -0.25) is 14.4 Å². The van der Waals surface area contributed by atoms with Crippen molar-refractivity contribution in [1.82, 2.24) is 10.6 Å². The molecule has 0 saturated heterocycles. The summed E-state index contributed by atoms with van der Waals surface area (Å²) >= 11 is 0. The SMILES string of the molecule is CCOCCOCCC(=O)NC(CCCCN)C(=O)CCCOCCOCCOCCOCCC(=O)NC(CCCCN)C(=O)O. The number of unbranched alkanes of at least 4 members (excludes halogenated alkanes) is 2. The van der Waals surface area contributed by atoms with Crippen LogP contribution in [0.3, 0.4) is 0 Å². The van der Waals surface area contributed by atoms with Crippen molar-refractivity contribution in [2.45, 2.75) is 83.2 Å². The number of nitrogens with one attached hydrogen (secondary N) is 2. The number of carbonyl (C=O) groups is 4. The Morgan fingerprint density at radius 1 is 0.543 bits per heavy atom. The molecule has 2 amide bonds. The minimum Gasteiger partial charge on any atom is -0.480 e. The first-order chi connectivity index (χ1) is 22.3. The summed E-state index contributed by atoms with van der Waals surface area (Å²) in [5.74, 6) is -1.67. The summed E-state index contributed by atoms with van der Waals surface area (Å²) in [4.78, 5) is 48.2. The Labute approximate surface area is 274 Å². The van der Waals surface area contributed by atoms with E-state index in [0.29, 0.717) is 118 Å². The zero-order valence-electron chi connectivity index (χ0n) is 27.8. The standard InChI is InChI=1S/C31H60N4O11/c1-2-41-18-19-43-16-11-29(37)34-26(8-3-5-13-32)28(36)10-7-15-42-20-22-45-24-25-46-23-21-44-17-12-30(38)35-27(31(39)40)9-4-6-14-33/h26-27H,2-25,32-33H2,1H3,(H,34,37)(H,35,38)(H,39,40). The van der Waals surface area contributed by atoms with E-state index in [1.807, 2.05) is 6.92 Å². The zero-order chi connectivity index (χ0) is 34.1. The van der Waals surface area contributed by atoms with E-state index in [0.717, 1.165) is 12.8 Å². The minimum atomic E-state index is -1.06. The second-order valence-corrected chi connectivity index (χ2v) is 10.5. The molecule has 0 radical (unpaired) electrons. The number of aliphatic carboxylic acids is 1. The van der Waals surface area contributed by atoms with Crippen LogP contribution in [0, 0.1) is 0 Å². The Morgan fingerprint density at radius 3 is 1.41 bits per heavy atom. The van der Waals surface area contributed by atoms with Gasteiger partial charge in [-0.05, 0) is 65.0 Å². The van der Waals surface area contributed by atoms with E-state index < -0.39 is 18.1 Å². The van der Waals surface area contributed by atoms with Gasteiger partial charge in [-0.1, -0.05) is 0 Å². The van der Waals surface area contributed by atoms with Crippen LogP contribution in [0.1, 0.15) is 71.1 Å². The van der Waals surface area contributed by atoms with Gasteiger partial charge in [-0.2, -0.15) is 0 Å². The van der Waals surface area contributed by atoms with Gasteiger partial charge in [-0.25, -0.2) is 4.79 Å². The summed E-state index contributed by atoms with van der Waals surface area (Å²) < 4.78 is 32.4. The average Bonchev–Trinajstić information content (AvgIpc) is 3.03. The topological polar surface area (TPSA) is 220 Å². The number of ketones is 1. The van der Waals surface area contributed by atoms with Crippen LogP contribution in [0.5, 0.6) is 0 Å². The van der Waals surface area contributed by atoms with Gasteiger partial charge in [0, 0.05) is 32.5 Å². The fourth-order valence-corrected chi connectivity index (χ4v) is 4.07. The van der Waals surface area contributed by atoms with Crippen LogP contribution >= 0.6 is 0 Å². The Morgan fingerprint density at radius 2 is 0.957 bits per heavy atom. The number of ether oxygens (including phenoxy) is 6. The van der Waals surface area contributed by atoms with Crippen LogP contribution in [0.15, 0.2) is 0 Å². The van der Waals surface area contributed by atoms with Crippen molar-refractivity contribution < 1.29 is 52.7 Å². The summed E-state index contributed by atoms with van der Waals surface area (Å²) in [6, 6.07) is -1.45. The van der Waals surface area contributed by atoms with E-state index in [9.17, 15) is 24.3 Å². The molecule has 7 N–H and O–H groups in total. The monoisotopic (exact) mass is 664 g/mol. The van der Waals surface area contributed by atoms with E-state index >= 15 is 0 Å². The molecule has 0 aliphatic rings. The predicted molar refractivity (Wildman–Crippen MR) is 171 cm³/mol. The molecular formula is C31H60N4O11. The van der Waals surface area contributed by atoms with Crippen LogP contribution in [-0.4, -0.2) is 133 Å². The second kappa shape index (κ2) is 32.7. The highest BCUT2D eigenvalue weighted by Crippen LogP contribution is 2.07. The summed E-state index contributed by atoms with van der Waals surface area (Å²) in [5, 5.41) is 14.5. The molecule has 270 valence electrons. The number of carboxylic acids is 1. The molecule has 46 heavy (non-hydrogen) atoms. The summed E-state index contributed by atoms with van der Waals surface area (Å²) in [6.07, 6.45) is 4.88. The number of amides is 2. The smallest absolute Gasteiger partial charge is 0.326 e. The molecule has 0 aromatic heterocycles. The second-order valence-electron chi connectivity index (χ2n) is 10.5. The van der Waals surface area contributed by atoms with E-state index in [4.69, 9.17) is 39.9 Å². The lowest BCUT2D eigenvalue weighted by atomic mass is 10.0. The average molecular weight is 665 g/mol. The van der Waals surface area contributed by atoms with Gasteiger partial charge in [0.05, 0.1) is 72.1 Å². The maximum Gasteiger partial charge on any atom is 0.326 e. The molecule has 15 nitrogen and oxygen atoms in total. The highest BCUT2D eigenvalue weighted by atomic mass is 16.6. The molecule has 0 bridgehead atoms. The van der Waals surface area contributed by atoms with Crippen molar-refractivity contribution in [3.63, 3.8) is 0 Å². The molecule has 2 unspecified atom stereocenters. The molecule has 0 fully saturated rings. The van der Waals surface area contributed by atoms with Crippen LogP contribution in [-0.2, 0) is 47.6 Å². The van der Waals surface area contributed by atoms with Gasteiger partial charge in [0.1, 0.15) is 6.04 Å². The van der Waals surface area contributed by atoms with Crippen LogP contribution in [0.25, 0.3) is 0 Å². The first kappa shape index (κ1) is 43.8. The van der Waals surface area contributed by atoms with Gasteiger partial charge >= 0.3 is 5.97 Å². The maximum absolute atomic E-state index is 12.7. The molecular weight excluding hydrogens is 604 g/mol. The van der Waals surface area contributed by atoms with Gasteiger partial charge < -0.3 is 55.6 Å². The number of hydrogen-bond acceptors (Lipinski definition) is 12. The molecule has 0 aliphatic heterocycles. The van der Waals surface area contributed by atoms with Crippen molar-refractivity contribution in [2.75, 3.05) is 92.4 Å². The van der Waals surface area contributed by atoms with Crippen LogP contribution < -0.4 is 22.1 Å². The molecule has 0 aromatic carbocycles. The number of carboxylic acid groups (broad SMARTS) is 1. The molecule has 0 spiro atoms. The van der Waals surface area contributed by atoms with Crippen molar-refractivity contribution in [1.29, 1.82) is 0 Å². The van der Waals surface area contributed by atoms with Crippen LogP contribution in [0.4, 0.5) is 0 Å². The van der Waals surface area contributed by atoms with Gasteiger partial charge in [0.15, 0.2) is 5.78 Å². The van der Waals surface area contributed by atoms with Crippen molar-refractivity contribution in [2.24, 2.45) is 11.5 Å². The Bertz CT molecular complexity index is 777. The quantitative estimate of drug-likeness (QED) is 0.0585. The first-order valence-corrected chi connectivity index (χ1v) is 16.6. The Kier molecular flexibility index (Phi) is 31.1. The molecule has 15 heteroatoms. The van der Waals surface area contributed by atoms with E-state index in [-0.39, 0.29) is 43.7 Å². The highest BCUT2D eigenvalue weighted by molar-refractivity contribution is 5.89. The largest absolute Gasteiger partial charge is 0.480 e. The fourth-order valence-electron chi connectivity index (χ4n) is 4.07. The van der Waals surface area contributed by atoms with Crippen molar-refractivity contribution in [3.8, 4) is 0 Å². The van der Waals surface area contributed by atoms with E-state index in [1.54, 1.807) is 0 Å². The zero-order valence-corrected chi connectivity index (χ0v) is 27.8. The van der Waals surface area contributed by atoms with Gasteiger partial charge in [0.25, 0.3) is 0 Å². The molecule has 0 heterocycles. The normalized spacial score (nSPS) is 12.5. The van der Waals surface area contributed by atoms with Crippen molar-refractivity contribution in [3.05, 3.63) is 0 Å². The summed E-state index contributed by atoms with van der Waals surface area (Å²) in [5.41, 5.74) is 11.0. The maximum atomic E-state index is 12.7. The summed E-state index contributed by atoms with van der Waals surface area (Å²) in [6.45, 7) is 7.46. The Hall–Kier alpha value is -2.24. The summed E-state index contributed by atoms with van der Waals surface area (Å²) in [7, 11) is 0. The molecule has 2 atom stereocenters. The third-order valence-electron chi connectivity index (χ3n) is 6.60. The Balaban J connectivity index is 3.82. The molecule has 0 saturated carbocycles. The lowest BCUT2D eigenvalue weighted by Gasteiger charge is -2.18. The third kappa shape index (κ3) is 28.0. The number of Topliss-reactive ketones (excluding diaryl/α,β-unsaturated/α-hetero) is 1. The minimum absolute atomic E-state index is 0.0206. The number of carbonyl (C=O) groups excluding carboxylic acids is 3. The van der Waals surface area contributed by atoms with Crippen LogP contribution in [0.2, 0.25) is 0 Å².